The maximum Gasteiger partial charge on any atom is 0.169 e. The predicted octanol–water partition coefficient (Wildman–Crippen LogP) is 2.87. The van der Waals surface area contributed by atoms with Crippen molar-refractivity contribution in [1.29, 1.82) is 0 Å². The number of hydrogen-bond donors (Lipinski definition) is 1. The van der Waals surface area contributed by atoms with Crippen LogP contribution in [-0.4, -0.2) is 14.9 Å². The fourth-order valence-corrected chi connectivity index (χ4v) is 2.24. The Kier molecular flexibility index (Phi) is 2.64. The van der Waals surface area contributed by atoms with Gasteiger partial charge in [0, 0.05) is 28.5 Å². The highest BCUT2D eigenvalue weighted by Crippen LogP contribution is 2.28. The quantitative estimate of drug-likeness (QED) is 0.790. The summed E-state index contributed by atoms with van der Waals surface area (Å²) in [5, 5.41) is 7.85. The molecule has 0 aliphatic carbocycles. The average Bonchev–Trinajstić information content (AvgIpc) is 2.99. The zero-order valence-electron chi connectivity index (χ0n) is 9.25. The van der Waals surface area contributed by atoms with Gasteiger partial charge in [0.25, 0.3) is 0 Å². The van der Waals surface area contributed by atoms with Gasteiger partial charge >= 0.3 is 0 Å². The fourth-order valence-electron chi connectivity index (χ4n) is 1.68. The van der Waals surface area contributed by atoms with Crippen molar-refractivity contribution in [3.8, 4) is 17.0 Å². The van der Waals surface area contributed by atoms with Gasteiger partial charge in [-0.1, -0.05) is 5.16 Å². The molecule has 3 rings (SSSR count). The van der Waals surface area contributed by atoms with Gasteiger partial charge in [0.2, 0.25) is 0 Å². The lowest BCUT2D eigenvalue weighted by Crippen LogP contribution is -1.95. The van der Waals surface area contributed by atoms with Crippen LogP contribution >= 0.6 is 15.9 Å². The number of benzene rings is 1. The van der Waals surface area contributed by atoms with E-state index in [1.807, 2.05) is 30.5 Å². The molecule has 0 spiro atoms. The summed E-state index contributed by atoms with van der Waals surface area (Å²) < 4.78 is 7.81. The van der Waals surface area contributed by atoms with Crippen LogP contribution in [0.15, 0.2) is 51.7 Å². The molecule has 0 fully saturated rings. The minimum absolute atomic E-state index is 0.372. The third kappa shape index (κ3) is 1.91. The van der Waals surface area contributed by atoms with E-state index in [-0.39, 0.29) is 0 Å². The Hall–Kier alpha value is -2.08. The molecule has 0 saturated heterocycles. The van der Waals surface area contributed by atoms with Gasteiger partial charge in [0.05, 0.1) is 5.69 Å². The summed E-state index contributed by atoms with van der Waals surface area (Å²) in [6, 6.07) is 9.39. The lowest BCUT2D eigenvalue weighted by atomic mass is 10.1. The van der Waals surface area contributed by atoms with Crippen LogP contribution in [0.2, 0.25) is 0 Å². The second-order valence-corrected chi connectivity index (χ2v) is 4.59. The van der Waals surface area contributed by atoms with Crippen molar-refractivity contribution in [1.82, 2.24) is 14.9 Å². The van der Waals surface area contributed by atoms with Gasteiger partial charge in [-0.2, -0.15) is 5.10 Å². The minimum atomic E-state index is 0.372. The Balaban J connectivity index is 2.04. The molecule has 2 aromatic heterocycles. The van der Waals surface area contributed by atoms with Gasteiger partial charge in [0.15, 0.2) is 11.6 Å². The van der Waals surface area contributed by atoms with Crippen LogP contribution in [0, 0.1) is 0 Å². The molecule has 18 heavy (non-hydrogen) atoms. The Morgan fingerprint density at radius 3 is 2.78 bits per heavy atom. The van der Waals surface area contributed by atoms with E-state index < -0.39 is 0 Å². The third-order valence-electron chi connectivity index (χ3n) is 2.51. The van der Waals surface area contributed by atoms with Crippen LogP contribution in [0.3, 0.4) is 0 Å². The number of hydrogen-bond acceptors (Lipinski definition) is 4. The van der Waals surface area contributed by atoms with Crippen LogP contribution in [0.4, 0.5) is 5.82 Å². The maximum absolute atomic E-state index is 5.53. The van der Waals surface area contributed by atoms with Gasteiger partial charge in [-0.15, -0.1) is 0 Å². The van der Waals surface area contributed by atoms with E-state index in [1.165, 1.54) is 0 Å². The summed E-state index contributed by atoms with van der Waals surface area (Å²) in [7, 11) is 0. The highest BCUT2D eigenvalue weighted by molar-refractivity contribution is 9.10. The highest BCUT2D eigenvalue weighted by atomic mass is 79.9. The summed E-state index contributed by atoms with van der Waals surface area (Å²) in [6.45, 7) is 0. The standard InChI is InChI=1S/C12H9BrN4O/c13-9-6-8(11-7-12(14)16-18-11)2-3-10(9)17-5-1-4-15-17/h1-7H,(H2,14,16). The summed E-state index contributed by atoms with van der Waals surface area (Å²) in [5.41, 5.74) is 7.39. The number of aromatic nitrogens is 3. The van der Waals surface area contributed by atoms with Crippen LogP contribution in [0.25, 0.3) is 17.0 Å². The van der Waals surface area contributed by atoms with Crippen molar-refractivity contribution in [2.45, 2.75) is 0 Å². The van der Waals surface area contributed by atoms with Crippen LogP contribution in [0.5, 0.6) is 0 Å². The van der Waals surface area contributed by atoms with Gasteiger partial charge in [-0.3, -0.25) is 0 Å². The summed E-state index contributed by atoms with van der Waals surface area (Å²) in [4.78, 5) is 0. The van der Waals surface area contributed by atoms with E-state index in [1.54, 1.807) is 16.9 Å². The van der Waals surface area contributed by atoms with Crippen LogP contribution in [0.1, 0.15) is 0 Å². The molecule has 90 valence electrons. The maximum atomic E-state index is 5.53. The molecule has 0 atom stereocenters. The normalized spacial score (nSPS) is 10.7. The zero-order valence-corrected chi connectivity index (χ0v) is 10.8. The number of anilines is 1. The minimum Gasteiger partial charge on any atom is -0.381 e. The van der Waals surface area contributed by atoms with Gasteiger partial charge in [0.1, 0.15) is 0 Å². The van der Waals surface area contributed by atoms with Crippen LogP contribution in [-0.2, 0) is 0 Å². The van der Waals surface area contributed by atoms with E-state index in [0.29, 0.717) is 11.6 Å². The molecule has 3 aromatic rings. The molecule has 5 nitrogen and oxygen atoms in total. The lowest BCUT2D eigenvalue weighted by Gasteiger charge is -2.05. The van der Waals surface area contributed by atoms with Gasteiger partial charge in [-0.25, -0.2) is 4.68 Å². The number of halogens is 1. The first kappa shape index (κ1) is 11.0. The summed E-state index contributed by atoms with van der Waals surface area (Å²) >= 11 is 3.52. The van der Waals surface area contributed by atoms with Crippen molar-refractivity contribution in [3.05, 3.63) is 47.2 Å². The van der Waals surface area contributed by atoms with Gasteiger partial charge in [-0.05, 0) is 40.2 Å². The number of nitrogen functional groups attached to an aromatic ring is 1. The fraction of sp³-hybridized carbons (Fsp3) is 0. The van der Waals surface area contributed by atoms with Crippen molar-refractivity contribution in [2.24, 2.45) is 0 Å². The Morgan fingerprint density at radius 2 is 2.17 bits per heavy atom. The number of nitrogens with zero attached hydrogens (tertiary/aromatic N) is 3. The van der Waals surface area contributed by atoms with E-state index in [2.05, 4.69) is 26.2 Å². The molecule has 1 aromatic carbocycles. The second kappa shape index (κ2) is 4.30. The first-order valence-electron chi connectivity index (χ1n) is 5.26. The zero-order chi connectivity index (χ0) is 12.5. The van der Waals surface area contributed by atoms with E-state index in [4.69, 9.17) is 10.3 Å². The summed E-state index contributed by atoms with van der Waals surface area (Å²) in [6.07, 6.45) is 3.61. The molecule has 0 aliphatic heterocycles. The SMILES string of the molecule is Nc1cc(-c2ccc(-n3cccn3)c(Br)c2)on1. The van der Waals surface area contributed by atoms with E-state index in [0.717, 1.165) is 15.7 Å². The molecule has 0 amide bonds. The van der Waals surface area contributed by atoms with Crippen molar-refractivity contribution < 1.29 is 4.52 Å². The molecule has 6 heteroatoms. The largest absolute Gasteiger partial charge is 0.381 e. The molecular formula is C12H9BrN4O. The Bertz CT molecular complexity index is 675. The molecule has 0 radical (unpaired) electrons. The lowest BCUT2D eigenvalue weighted by molar-refractivity contribution is 0.436. The first-order chi connectivity index (χ1) is 8.74. The smallest absolute Gasteiger partial charge is 0.169 e. The average molecular weight is 305 g/mol. The molecule has 0 unspecified atom stereocenters. The molecule has 2 heterocycles. The third-order valence-corrected chi connectivity index (χ3v) is 3.15. The van der Waals surface area contributed by atoms with Crippen molar-refractivity contribution in [3.63, 3.8) is 0 Å². The van der Waals surface area contributed by atoms with Crippen LogP contribution < -0.4 is 5.73 Å². The van der Waals surface area contributed by atoms with Crippen molar-refractivity contribution in [2.75, 3.05) is 5.73 Å². The predicted molar refractivity (Wildman–Crippen MR) is 71.2 cm³/mol. The topological polar surface area (TPSA) is 69.9 Å². The second-order valence-electron chi connectivity index (χ2n) is 3.73. The Morgan fingerprint density at radius 1 is 1.28 bits per heavy atom. The van der Waals surface area contributed by atoms with E-state index >= 15 is 0 Å². The highest BCUT2D eigenvalue weighted by Gasteiger charge is 2.08. The number of rotatable bonds is 2. The monoisotopic (exact) mass is 304 g/mol. The molecule has 0 saturated carbocycles. The molecule has 0 aliphatic rings. The summed E-state index contributed by atoms with van der Waals surface area (Å²) in [5.74, 6) is 1.01. The molecule has 2 N–H and O–H groups in total. The van der Waals surface area contributed by atoms with E-state index in [9.17, 15) is 0 Å². The van der Waals surface area contributed by atoms with Gasteiger partial charge < -0.3 is 10.3 Å². The Labute approximate surface area is 111 Å². The number of nitrogens with two attached hydrogens (primary N) is 1. The molecular weight excluding hydrogens is 296 g/mol. The van der Waals surface area contributed by atoms with Crippen molar-refractivity contribution >= 4 is 21.7 Å². The first-order valence-corrected chi connectivity index (χ1v) is 6.05. The molecule has 0 bridgehead atoms.